The van der Waals surface area contributed by atoms with Gasteiger partial charge in [-0.15, -0.1) is 0 Å². The predicted molar refractivity (Wildman–Crippen MR) is 122 cm³/mol. The number of nitrogens with zero attached hydrogens (tertiary/aromatic N) is 2. The van der Waals surface area contributed by atoms with Gasteiger partial charge in [0.1, 0.15) is 0 Å². The average Bonchev–Trinajstić information content (AvgIpc) is 3.00. The van der Waals surface area contributed by atoms with Crippen molar-refractivity contribution in [3.05, 3.63) is 95.3 Å². The van der Waals surface area contributed by atoms with Crippen molar-refractivity contribution < 1.29 is 8.42 Å². The van der Waals surface area contributed by atoms with Crippen molar-refractivity contribution in [1.29, 1.82) is 0 Å². The second kappa shape index (κ2) is 7.80. The van der Waals surface area contributed by atoms with Crippen molar-refractivity contribution in [2.45, 2.75) is 25.7 Å². The molecule has 0 fully saturated rings. The third kappa shape index (κ3) is 3.86. The van der Waals surface area contributed by atoms with Gasteiger partial charge in [-0.25, -0.2) is 4.83 Å². The number of hydrazone groups is 1. The molecule has 0 aliphatic heterocycles. The maximum atomic E-state index is 12.7. The average molecular weight is 418 g/mol. The molecule has 0 spiro atoms. The highest BCUT2D eigenvalue weighted by Gasteiger charge is 2.14. The minimum Gasteiger partial charge on any atom is -0.318 e. The van der Waals surface area contributed by atoms with E-state index in [1.807, 2.05) is 50.2 Å². The van der Waals surface area contributed by atoms with Crippen LogP contribution in [0, 0.1) is 20.8 Å². The van der Waals surface area contributed by atoms with Gasteiger partial charge in [0, 0.05) is 22.6 Å². The van der Waals surface area contributed by atoms with Crippen molar-refractivity contribution in [2.75, 3.05) is 0 Å². The molecule has 152 valence electrons. The number of sulfonamides is 1. The zero-order chi connectivity index (χ0) is 21.3. The molecule has 1 heterocycles. The van der Waals surface area contributed by atoms with E-state index in [9.17, 15) is 8.42 Å². The van der Waals surface area contributed by atoms with E-state index in [0.717, 1.165) is 33.4 Å². The molecule has 0 amide bonds. The van der Waals surface area contributed by atoms with Gasteiger partial charge in [-0.05, 0) is 67.4 Å². The van der Waals surface area contributed by atoms with Gasteiger partial charge in [-0.3, -0.25) is 0 Å². The van der Waals surface area contributed by atoms with Crippen LogP contribution < -0.4 is 4.83 Å². The second-order valence-electron chi connectivity index (χ2n) is 7.36. The molecule has 0 saturated heterocycles. The van der Waals surface area contributed by atoms with Gasteiger partial charge in [-0.1, -0.05) is 42.5 Å². The van der Waals surface area contributed by atoms with E-state index >= 15 is 0 Å². The summed E-state index contributed by atoms with van der Waals surface area (Å²) in [5.41, 5.74) is 5.15. The summed E-state index contributed by atoms with van der Waals surface area (Å²) in [7, 11) is -3.75. The van der Waals surface area contributed by atoms with Crippen molar-refractivity contribution >= 4 is 27.0 Å². The first-order valence-electron chi connectivity index (χ1n) is 9.65. The van der Waals surface area contributed by atoms with Crippen molar-refractivity contribution in [2.24, 2.45) is 5.10 Å². The van der Waals surface area contributed by atoms with E-state index in [4.69, 9.17) is 0 Å². The summed E-state index contributed by atoms with van der Waals surface area (Å²) in [5.74, 6) is 0. The largest absolute Gasteiger partial charge is 0.318 e. The van der Waals surface area contributed by atoms with Crippen LogP contribution in [0.15, 0.2) is 82.8 Å². The molecule has 0 aliphatic rings. The Morgan fingerprint density at radius 2 is 1.63 bits per heavy atom. The maximum Gasteiger partial charge on any atom is 0.276 e. The number of aryl methyl sites for hydroxylation is 2. The van der Waals surface area contributed by atoms with Crippen LogP contribution in [0.5, 0.6) is 0 Å². The topological polar surface area (TPSA) is 63.5 Å². The molecule has 0 aliphatic carbocycles. The number of fused-ring (bicyclic) bond motifs is 1. The van der Waals surface area contributed by atoms with Crippen LogP contribution in [0.2, 0.25) is 0 Å². The Hall–Kier alpha value is -3.38. The number of hydrogen-bond acceptors (Lipinski definition) is 3. The Kier molecular flexibility index (Phi) is 5.18. The number of nitrogens with one attached hydrogen (secondary N) is 1. The Morgan fingerprint density at radius 1 is 0.867 bits per heavy atom. The van der Waals surface area contributed by atoms with E-state index in [0.29, 0.717) is 0 Å². The van der Waals surface area contributed by atoms with Crippen LogP contribution in [0.1, 0.15) is 22.5 Å². The second-order valence-corrected chi connectivity index (χ2v) is 9.02. The molecule has 0 atom stereocenters. The number of benzene rings is 3. The van der Waals surface area contributed by atoms with Gasteiger partial charge in [-0.2, -0.15) is 13.5 Å². The molecule has 4 rings (SSSR count). The molecule has 5 nitrogen and oxygen atoms in total. The standard InChI is InChI=1S/C24H23N3O2S/c1-17-7-6-10-23(13-17)27-18(2)14-22(19(27)3)16-25-26-30(28,29)24-12-11-20-8-4-5-9-21(20)15-24/h4-16,26H,1-3H3/b25-16+. The van der Waals surface area contributed by atoms with E-state index in [-0.39, 0.29) is 4.90 Å². The summed E-state index contributed by atoms with van der Waals surface area (Å²) in [6.07, 6.45) is 1.55. The van der Waals surface area contributed by atoms with E-state index < -0.39 is 10.0 Å². The first kappa shape index (κ1) is 19.9. The Balaban J connectivity index is 1.59. The van der Waals surface area contributed by atoms with Crippen LogP contribution in [-0.4, -0.2) is 19.2 Å². The first-order chi connectivity index (χ1) is 14.3. The highest BCUT2D eigenvalue weighted by Crippen LogP contribution is 2.21. The minimum absolute atomic E-state index is 0.184. The third-order valence-electron chi connectivity index (χ3n) is 5.14. The Labute approximate surface area is 176 Å². The molecular formula is C24H23N3O2S. The van der Waals surface area contributed by atoms with Gasteiger partial charge in [0.25, 0.3) is 10.0 Å². The normalized spacial score (nSPS) is 12.0. The summed E-state index contributed by atoms with van der Waals surface area (Å²) in [6.45, 7) is 6.07. The highest BCUT2D eigenvalue weighted by molar-refractivity contribution is 7.89. The monoisotopic (exact) mass is 417 g/mol. The summed E-state index contributed by atoms with van der Waals surface area (Å²) in [5, 5.41) is 5.88. The fourth-order valence-electron chi connectivity index (χ4n) is 3.64. The van der Waals surface area contributed by atoms with E-state index in [1.54, 1.807) is 24.4 Å². The maximum absolute atomic E-state index is 12.7. The van der Waals surface area contributed by atoms with Crippen LogP contribution in [0.3, 0.4) is 0 Å². The van der Waals surface area contributed by atoms with Gasteiger partial charge < -0.3 is 4.57 Å². The Bertz CT molecular complexity index is 1370. The van der Waals surface area contributed by atoms with Gasteiger partial charge >= 0.3 is 0 Å². The Morgan fingerprint density at radius 3 is 2.40 bits per heavy atom. The lowest BCUT2D eigenvalue weighted by atomic mass is 10.1. The minimum atomic E-state index is -3.75. The molecule has 0 bridgehead atoms. The van der Waals surface area contributed by atoms with Gasteiger partial charge in [0.2, 0.25) is 0 Å². The summed E-state index contributed by atoms with van der Waals surface area (Å²) in [4.78, 5) is 2.51. The summed E-state index contributed by atoms with van der Waals surface area (Å²) < 4.78 is 27.4. The number of rotatable bonds is 5. The fourth-order valence-corrected chi connectivity index (χ4v) is 4.46. The molecule has 1 N–H and O–H groups in total. The number of aromatic nitrogens is 1. The molecule has 6 heteroatoms. The smallest absolute Gasteiger partial charge is 0.276 e. The zero-order valence-corrected chi connectivity index (χ0v) is 17.9. The lowest BCUT2D eigenvalue weighted by molar-refractivity contribution is 0.585. The van der Waals surface area contributed by atoms with Gasteiger partial charge in [0.05, 0.1) is 11.1 Å². The van der Waals surface area contributed by atoms with E-state index in [2.05, 4.69) is 39.6 Å². The summed E-state index contributed by atoms with van der Waals surface area (Å²) in [6, 6.07) is 22.9. The van der Waals surface area contributed by atoms with Gasteiger partial charge in [0.15, 0.2) is 0 Å². The molecule has 4 aromatic rings. The fraction of sp³-hybridized carbons (Fsp3) is 0.125. The molecule has 30 heavy (non-hydrogen) atoms. The van der Waals surface area contributed by atoms with Crippen LogP contribution in [-0.2, 0) is 10.0 Å². The molecule has 3 aromatic carbocycles. The predicted octanol–water partition coefficient (Wildman–Crippen LogP) is 4.87. The molecule has 0 saturated carbocycles. The molecule has 1 aromatic heterocycles. The van der Waals surface area contributed by atoms with Crippen molar-refractivity contribution in [3.63, 3.8) is 0 Å². The quantitative estimate of drug-likeness (QED) is 0.372. The van der Waals surface area contributed by atoms with Crippen molar-refractivity contribution in [3.8, 4) is 5.69 Å². The molecular weight excluding hydrogens is 394 g/mol. The van der Waals surface area contributed by atoms with Crippen molar-refractivity contribution in [1.82, 2.24) is 9.40 Å². The lowest BCUT2D eigenvalue weighted by Gasteiger charge is -2.10. The molecule has 0 radical (unpaired) electrons. The summed E-state index contributed by atoms with van der Waals surface area (Å²) >= 11 is 0. The van der Waals surface area contributed by atoms with E-state index in [1.165, 1.54) is 5.56 Å². The number of hydrogen-bond donors (Lipinski definition) is 1. The van der Waals surface area contributed by atoms with Crippen LogP contribution in [0.4, 0.5) is 0 Å². The molecule has 0 unspecified atom stereocenters. The zero-order valence-electron chi connectivity index (χ0n) is 17.1. The third-order valence-corrected chi connectivity index (χ3v) is 6.36. The van der Waals surface area contributed by atoms with Crippen LogP contribution in [0.25, 0.3) is 16.5 Å². The first-order valence-corrected chi connectivity index (χ1v) is 11.1. The SMILES string of the molecule is Cc1cccc(-n2c(C)cc(/C=N/NS(=O)(=O)c3ccc4ccccc4c3)c2C)c1. The highest BCUT2D eigenvalue weighted by atomic mass is 32.2. The van der Waals surface area contributed by atoms with Crippen LogP contribution >= 0.6 is 0 Å². The lowest BCUT2D eigenvalue weighted by Crippen LogP contribution is -2.18.